The highest BCUT2D eigenvalue weighted by Crippen LogP contribution is 2.27. The van der Waals surface area contributed by atoms with Gasteiger partial charge in [0, 0.05) is 15.5 Å². The van der Waals surface area contributed by atoms with Crippen LogP contribution in [0.4, 0.5) is 0 Å². The SMILES string of the molecule is C=C(CCCCCCCC)CCCCCCCCCC.CCCCCCCCCCC(CCCCCCCC)CSc1ccccc1.Sc1ccccc1. The molecule has 0 aliphatic heterocycles. The van der Waals surface area contributed by atoms with Crippen molar-refractivity contribution in [2.45, 2.75) is 243 Å². The van der Waals surface area contributed by atoms with Crippen LogP contribution in [0.2, 0.25) is 0 Å². The summed E-state index contributed by atoms with van der Waals surface area (Å²) in [4.78, 5) is 2.46. The summed E-state index contributed by atoms with van der Waals surface area (Å²) in [5.74, 6) is 2.23. The third-order valence-corrected chi connectivity index (χ3v) is 12.2. The predicted octanol–water partition coefficient (Wildman–Crippen LogP) is 19.5. The lowest BCUT2D eigenvalue weighted by molar-refractivity contribution is 0.436. The standard InChI is InChI=1S/C26H46S.C20H40.C6H6S/c1-3-5-7-9-11-12-14-17-21-25(20-16-13-10-8-6-4-2)24-27-26-22-18-15-19-23-26;1-4-6-8-10-12-13-15-17-19-20(3)18-16-14-11-9-7-5-2;7-6-4-2-1-3-5-6/h15,18-19,22-23,25H,3-14,16-17,20-21,24H2,1-2H3;3-19H2,1-2H3;1-5,7H. The molecule has 0 N–H and O–H groups in total. The zero-order chi connectivity index (χ0) is 39.4. The van der Waals surface area contributed by atoms with Gasteiger partial charge >= 0.3 is 0 Å². The van der Waals surface area contributed by atoms with Crippen molar-refractivity contribution in [3.63, 3.8) is 0 Å². The maximum atomic E-state index is 4.25. The van der Waals surface area contributed by atoms with Crippen molar-refractivity contribution >= 4 is 24.4 Å². The van der Waals surface area contributed by atoms with E-state index in [2.05, 4.69) is 89.0 Å². The van der Waals surface area contributed by atoms with Crippen LogP contribution in [-0.4, -0.2) is 5.75 Å². The van der Waals surface area contributed by atoms with Gasteiger partial charge in [0.2, 0.25) is 0 Å². The van der Waals surface area contributed by atoms with E-state index in [1.165, 1.54) is 222 Å². The Hall–Kier alpha value is -1.12. The van der Waals surface area contributed by atoms with E-state index >= 15 is 0 Å². The maximum absolute atomic E-state index is 4.25. The van der Waals surface area contributed by atoms with Crippen LogP contribution < -0.4 is 0 Å². The lowest BCUT2D eigenvalue weighted by Crippen LogP contribution is -2.04. The molecule has 0 bridgehead atoms. The van der Waals surface area contributed by atoms with Crippen molar-refractivity contribution < 1.29 is 0 Å². The van der Waals surface area contributed by atoms with Gasteiger partial charge in [0.05, 0.1) is 0 Å². The molecule has 2 aromatic rings. The number of thiol groups is 1. The van der Waals surface area contributed by atoms with Gasteiger partial charge in [-0.3, -0.25) is 0 Å². The Labute approximate surface area is 350 Å². The summed E-state index contributed by atoms with van der Waals surface area (Å²) in [7, 11) is 0. The minimum Gasteiger partial charge on any atom is -0.143 e. The summed E-state index contributed by atoms with van der Waals surface area (Å²) >= 11 is 6.16. The Morgan fingerprint density at radius 3 is 1.09 bits per heavy atom. The van der Waals surface area contributed by atoms with E-state index in [0.717, 1.165) is 10.8 Å². The first-order valence-corrected chi connectivity index (χ1v) is 25.1. The molecule has 0 spiro atoms. The van der Waals surface area contributed by atoms with E-state index in [0.29, 0.717) is 0 Å². The second-order valence-corrected chi connectivity index (χ2v) is 17.7. The molecular formula is C52H92S2. The van der Waals surface area contributed by atoms with Crippen molar-refractivity contribution in [3.8, 4) is 0 Å². The number of thioether (sulfide) groups is 1. The van der Waals surface area contributed by atoms with Gasteiger partial charge in [-0.2, -0.15) is 0 Å². The first kappa shape index (κ1) is 52.9. The average molecular weight is 781 g/mol. The molecule has 0 saturated carbocycles. The summed E-state index contributed by atoms with van der Waals surface area (Å²) in [6, 6.07) is 20.8. The minimum absolute atomic E-state index is 0.918. The fourth-order valence-corrected chi connectivity index (χ4v) is 8.32. The van der Waals surface area contributed by atoms with Crippen LogP contribution in [0.1, 0.15) is 233 Å². The molecular weight excluding hydrogens is 689 g/mol. The molecule has 0 saturated heterocycles. The Morgan fingerprint density at radius 2 is 0.759 bits per heavy atom. The molecule has 0 heterocycles. The third-order valence-electron chi connectivity index (χ3n) is 10.7. The Balaban J connectivity index is 0.000000905. The fraction of sp³-hybridized carbons (Fsp3) is 0.731. The molecule has 2 rings (SSSR count). The number of unbranched alkanes of at least 4 members (excludes halogenated alkanes) is 24. The summed E-state index contributed by atoms with van der Waals surface area (Å²) in [5.41, 5.74) is 1.51. The minimum atomic E-state index is 0.918. The zero-order valence-corrected chi connectivity index (χ0v) is 38.5. The van der Waals surface area contributed by atoms with E-state index in [9.17, 15) is 0 Å². The van der Waals surface area contributed by atoms with Crippen LogP contribution in [0.3, 0.4) is 0 Å². The molecule has 1 atom stereocenters. The molecule has 1 unspecified atom stereocenters. The van der Waals surface area contributed by atoms with Gasteiger partial charge in [-0.15, -0.1) is 24.4 Å². The number of allylic oxidation sites excluding steroid dienone is 1. The van der Waals surface area contributed by atoms with Crippen LogP contribution in [-0.2, 0) is 0 Å². The lowest BCUT2D eigenvalue weighted by atomic mass is 9.95. The van der Waals surface area contributed by atoms with Crippen molar-refractivity contribution in [2.75, 3.05) is 5.75 Å². The Kier molecular flexibility index (Phi) is 43.7. The molecule has 312 valence electrons. The average Bonchev–Trinajstić information content (AvgIpc) is 3.19. The van der Waals surface area contributed by atoms with Gasteiger partial charge in [-0.25, -0.2) is 0 Å². The smallest absolute Gasteiger partial charge is 0.00720 e. The number of hydrogen-bond donors (Lipinski definition) is 1. The molecule has 0 aliphatic rings. The molecule has 2 aromatic carbocycles. The second kappa shape index (κ2) is 44.6. The van der Waals surface area contributed by atoms with Crippen molar-refractivity contribution in [2.24, 2.45) is 5.92 Å². The number of hydrogen-bond acceptors (Lipinski definition) is 2. The fourth-order valence-electron chi connectivity index (χ4n) is 7.04. The topological polar surface area (TPSA) is 0 Å². The Morgan fingerprint density at radius 1 is 0.444 bits per heavy atom. The third kappa shape index (κ3) is 40.5. The molecule has 54 heavy (non-hydrogen) atoms. The second-order valence-electron chi connectivity index (χ2n) is 16.1. The molecule has 0 radical (unpaired) electrons. The summed E-state index contributed by atoms with van der Waals surface area (Å²) in [6.45, 7) is 13.4. The van der Waals surface area contributed by atoms with E-state index < -0.39 is 0 Å². The van der Waals surface area contributed by atoms with Crippen molar-refractivity contribution in [1.29, 1.82) is 0 Å². The first-order chi connectivity index (χ1) is 26.6. The van der Waals surface area contributed by atoms with E-state index in [-0.39, 0.29) is 0 Å². The van der Waals surface area contributed by atoms with Gasteiger partial charge in [-0.1, -0.05) is 243 Å². The van der Waals surface area contributed by atoms with Gasteiger partial charge in [0.15, 0.2) is 0 Å². The van der Waals surface area contributed by atoms with Crippen molar-refractivity contribution in [1.82, 2.24) is 0 Å². The van der Waals surface area contributed by atoms with Gasteiger partial charge < -0.3 is 0 Å². The van der Waals surface area contributed by atoms with Crippen LogP contribution in [0.15, 0.2) is 82.6 Å². The highest BCUT2D eigenvalue weighted by Gasteiger charge is 2.10. The normalized spacial score (nSPS) is 11.4. The van der Waals surface area contributed by atoms with E-state index in [1.807, 2.05) is 30.3 Å². The van der Waals surface area contributed by atoms with E-state index in [1.54, 1.807) is 0 Å². The summed E-state index contributed by atoms with van der Waals surface area (Å²) in [6.07, 6.45) is 45.3. The van der Waals surface area contributed by atoms with Crippen LogP contribution in [0.25, 0.3) is 0 Å². The number of rotatable bonds is 35. The molecule has 0 nitrogen and oxygen atoms in total. The van der Waals surface area contributed by atoms with E-state index in [4.69, 9.17) is 0 Å². The highest BCUT2D eigenvalue weighted by atomic mass is 32.2. The highest BCUT2D eigenvalue weighted by molar-refractivity contribution is 7.99. The van der Waals surface area contributed by atoms with Crippen molar-refractivity contribution in [3.05, 3.63) is 72.8 Å². The first-order valence-electron chi connectivity index (χ1n) is 23.7. The monoisotopic (exact) mass is 781 g/mol. The quantitative estimate of drug-likeness (QED) is 0.0315. The van der Waals surface area contributed by atoms with Gasteiger partial charge in [0.25, 0.3) is 0 Å². The summed E-state index contributed by atoms with van der Waals surface area (Å²) in [5, 5.41) is 0. The molecule has 0 aromatic heterocycles. The zero-order valence-electron chi connectivity index (χ0n) is 36.7. The number of benzene rings is 2. The molecule has 2 heteroatoms. The van der Waals surface area contributed by atoms with Gasteiger partial charge in [-0.05, 0) is 68.7 Å². The van der Waals surface area contributed by atoms with Crippen LogP contribution >= 0.6 is 24.4 Å². The molecule has 0 fully saturated rings. The molecule has 0 aliphatic carbocycles. The van der Waals surface area contributed by atoms with Crippen LogP contribution in [0.5, 0.6) is 0 Å². The van der Waals surface area contributed by atoms with Gasteiger partial charge in [0.1, 0.15) is 0 Å². The largest absolute Gasteiger partial charge is 0.143 e. The summed E-state index contributed by atoms with van der Waals surface area (Å²) < 4.78 is 0. The Bertz CT molecular complexity index is 970. The van der Waals surface area contributed by atoms with Crippen LogP contribution in [0, 0.1) is 5.92 Å². The lowest BCUT2D eigenvalue weighted by Gasteiger charge is -2.17. The predicted molar refractivity (Wildman–Crippen MR) is 254 cm³/mol. The maximum Gasteiger partial charge on any atom is 0.00720 e. The molecule has 0 amide bonds.